The molecule has 41 heavy (non-hydrogen) atoms. The summed E-state index contributed by atoms with van der Waals surface area (Å²) in [6, 6.07) is 21.7. The van der Waals surface area contributed by atoms with Crippen LogP contribution in [0.25, 0.3) is 10.4 Å². The molecule has 1 heterocycles. The normalized spacial score (nSPS) is 21.4. The number of carbonyl (C=O) groups is 3. The molecule has 1 fully saturated rings. The third-order valence-corrected chi connectivity index (χ3v) is 5.88. The van der Waals surface area contributed by atoms with E-state index in [-0.39, 0.29) is 16.7 Å². The van der Waals surface area contributed by atoms with E-state index in [4.69, 9.17) is 18.9 Å². The predicted octanol–water partition coefficient (Wildman–Crippen LogP) is 3.91. The molecule has 0 bridgehead atoms. The van der Waals surface area contributed by atoms with Crippen LogP contribution in [-0.2, 0) is 23.8 Å². The van der Waals surface area contributed by atoms with Crippen molar-refractivity contribution in [3.05, 3.63) is 128 Å². The number of hydrogen-bond acceptors (Lipinski definition) is 11. The summed E-state index contributed by atoms with van der Waals surface area (Å²) >= 11 is 0. The van der Waals surface area contributed by atoms with Crippen molar-refractivity contribution < 1.29 is 43.3 Å². The molecule has 0 radical (unpaired) electrons. The Morgan fingerprint density at radius 3 is 1.73 bits per heavy atom. The van der Waals surface area contributed by atoms with Gasteiger partial charge < -0.3 is 18.9 Å². The highest BCUT2D eigenvalue weighted by atomic mass is 17.0. The van der Waals surface area contributed by atoms with Gasteiger partial charge in [-0.2, -0.15) is 0 Å². The van der Waals surface area contributed by atoms with E-state index in [9.17, 15) is 30.0 Å². The van der Waals surface area contributed by atoms with E-state index in [1.54, 1.807) is 54.6 Å². The Bertz CT molecular complexity index is 1420. The van der Waals surface area contributed by atoms with Gasteiger partial charge in [0.1, 0.15) is 18.8 Å². The molecule has 5 atom stereocenters. The lowest BCUT2D eigenvalue weighted by Gasteiger charge is -2.42. The van der Waals surface area contributed by atoms with Gasteiger partial charge in [0, 0.05) is 4.91 Å². The summed E-state index contributed by atoms with van der Waals surface area (Å²) in [5.74, 6) is -2.58. The Balaban J connectivity index is 1.70. The van der Waals surface area contributed by atoms with Crippen LogP contribution in [0.2, 0.25) is 0 Å². The molecular weight excluding hydrogens is 540 g/mol. The first-order valence-electron chi connectivity index (χ1n) is 12.1. The van der Waals surface area contributed by atoms with E-state index >= 15 is 0 Å². The number of ether oxygens (including phenoxy) is 4. The SMILES string of the molecule is [N-]=[N+]=N[C@H]1[C@@H](O[N+](=O)[O-])O[C@H](COC(=O)c2ccccc2)[C@H](OC(=O)c2ccccc2)[C@@H]1OC(=O)c1ccccc1. The third kappa shape index (κ3) is 7.35. The summed E-state index contributed by atoms with van der Waals surface area (Å²) < 4.78 is 22.3. The summed E-state index contributed by atoms with van der Waals surface area (Å²) in [5, 5.41) is 13.6. The van der Waals surface area contributed by atoms with Gasteiger partial charge in [0.05, 0.1) is 16.7 Å². The standard InChI is InChI=1S/C27H22N4O10/c28-30-29-21-23(40-26(34)19-14-8-3-9-15-19)22(39-25(33)18-12-6-2-7-13-18)20(38-27(21)41-31(35)36)16-37-24(32)17-10-4-1-5-11-17/h1-15,20-23,27H,16H2/t20-,21-,22+,23-,27-/m1/s1. The van der Waals surface area contributed by atoms with Crippen LogP contribution in [0.1, 0.15) is 31.1 Å². The zero-order valence-corrected chi connectivity index (χ0v) is 21.1. The van der Waals surface area contributed by atoms with Crippen LogP contribution in [0.15, 0.2) is 96.1 Å². The van der Waals surface area contributed by atoms with Crippen molar-refractivity contribution in [2.24, 2.45) is 5.11 Å². The van der Waals surface area contributed by atoms with Crippen molar-refractivity contribution in [3.63, 3.8) is 0 Å². The molecule has 3 aromatic carbocycles. The van der Waals surface area contributed by atoms with Crippen LogP contribution >= 0.6 is 0 Å². The molecule has 3 aromatic rings. The molecule has 1 aliphatic rings. The lowest BCUT2D eigenvalue weighted by Crippen LogP contribution is -2.61. The topological polar surface area (TPSA) is 189 Å². The number of carbonyl (C=O) groups excluding carboxylic acids is 3. The minimum absolute atomic E-state index is 0.0885. The first-order chi connectivity index (χ1) is 19.9. The van der Waals surface area contributed by atoms with Crippen molar-refractivity contribution in [2.75, 3.05) is 6.61 Å². The highest BCUT2D eigenvalue weighted by molar-refractivity contribution is 5.91. The first-order valence-corrected chi connectivity index (χ1v) is 12.1. The molecule has 0 aliphatic carbocycles. The largest absolute Gasteiger partial charge is 0.459 e. The van der Waals surface area contributed by atoms with Crippen molar-refractivity contribution in [3.8, 4) is 0 Å². The molecule has 0 aromatic heterocycles. The van der Waals surface area contributed by atoms with Crippen LogP contribution in [-0.4, -0.2) is 60.2 Å². The van der Waals surface area contributed by atoms with E-state index < -0.39 is 60.2 Å². The number of hydrogen-bond donors (Lipinski definition) is 0. The van der Waals surface area contributed by atoms with E-state index in [0.29, 0.717) is 0 Å². The van der Waals surface area contributed by atoms with Gasteiger partial charge in [-0.05, 0) is 41.9 Å². The minimum atomic E-state index is -1.92. The molecule has 4 rings (SSSR count). The molecule has 1 aliphatic heterocycles. The van der Waals surface area contributed by atoms with E-state index in [2.05, 4.69) is 14.9 Å². The van der Waals surface area contributed by atoms with Gasteiger partial charge in [0.2, 0.25) is 6.29 Å². The molecule has 0 saturated carbocycles. The smallest absolute Gasteiger partial charge is 0.338 e. The summed E-state index contributed by atoms with van der Waals surface area (Å²) in [5.41, 5.74) is 9.61. The summed E-state index contributed by atoms with van der Waals surface area (Å²) in [6.07, 6.45) is -6.60. The molecule has 0 N–H and O–H groups in total. The van der Waals surface area contributed by atoms with E-state index in [0.717, 1.165) is 0 Å². The fraction of sp³-hybridized carbons (Fsp3) is 0.222. The summed E-state index contributed by atoms with van der Waals surface area (Å²) in [4.78, 5) is 57.3. The van der Waals surface area contributed by atoms with Crippen LogP contribution < -0.4 is 0 Å². The Hall–Kier alpha value is -5.46. The molecular formula is C27H22N4O10. The molecule has 1 saturated heterocycles. The predicted molar refractivity (Wildman–Crippen MR) is 138 cm³/mol. The maximum Gasteiger partial charge on any atom is 0.338 e. The van der Waals surface area contributed by atoms with Crippen LogP contribution in [0, 0.1) is 10.1 Å². The van der Waals surface area contributed by atoms with Gasteiger partial charge in [-0.3, -0.25) is 4.84 Å². The van der Waals surface area contributed by atoms with Gasteiger partial charge in [-0.1, -0.05) is 59.7 Å². The first kappa shape index (κ1) is 28.5. The van der Waals surface area contributed by atoms with Crippen molar-refractivity contribution in [2.45, 2.75) is 30.6 Å². The van der Waals surface area contributed by atoms with E-state index in [1.165, 1.54) is 36.4 Å². The summed E-state index contributed by atoms with van der Waals surface area (Å²) in [6.45, 7) is -0.611. The van der Waals surface area contributed by atoms with Gasteiger partial charge in [0.15, 0.2) is 12.2 Å². The monoisotopic (exact) mass is 562 g/mol. The van der Waals surface area contributed by atoms with Crippen molar-refractivity contribution in [1.82, 2.24) is 0 Å². The molecule has 14 nitrogen and oxygen atoms in total. The zero-order valence-electron chi connectivity index (χ0n) is 21.1. The van der Waals surface area contributed by atoms with Crippen LogP contribution in [0.5, 0.6) is 0 Å². The second kappa shape index (κ2) is 13.6. The van der Waals surface area contributed by atoms with Crippen LogP contribution in [0.4, 0.5) is 0 Å². The second-order valence-corrected chi connectivity index (χ2v) is 8.50. The summed E-state index contributed by atoms with van der Waals surface area (Å²) in [7, 11) is 0. The number of benzene rings is 3. The van der Waals surface area contributed by atoms with Crippen molar-refractivity contribution >= 4 is 17.9 Å². The molecule has 0 spiro atoms. The Labute approximate surface area is 232 Å². The minimum Gasteiger partial charge on any atom is -0.459 e. The fourth-order valence-corrected chi connectivity index (χ4v) is 4.00. The Morgan fingerprint density at radius 1 is 0.805 bits per heavy atom. The molecule has 14 heteroatoms. The maximum atomic E-state index is 13.1. The highest BCUT2D eigenvalue weighted by Crippen LogP contribution is 2.31. The lowest BCUT2D eigenvalue weighted by molar-refractivity contribution is -0.783. The molecule has 0 unspecified atom stereocenters. The Morgan fingerprint density at radius 2 is 1.27 bits per heavy atom. The zero-order chi connectivity index (χ0) is 29.2. The lowest BCUT2D eigenvalue weighted by atomic mass is 9.96. The number of rotatable bonds is 10. The second-order valence-electron chi connectivity index (χ2n) is 8.50. The number of nitrogens with zero attached hydrogens (tertiary/aromatic N) is 4. The van der Waals surface area contributed by atoms with Gasteiger partial charge in [-0.25, -0.2) is 14.4 Å². The maximum absolute atomic E-state index is 13.1. The average Bonchev–Trinajstić information content (AvgIpc) is 2.99. The average molecular weight is 562 g/mol. The molecule has 210 valence electrons. The third-order valence-electron chi connectivity index (χ3n) is 5.88. The highest BCUT2D eigenvalue weighted by Gasteiger charge is 2.52. The molecule has 0 amide bonds. The van der Waals surface area contributed by atoms with Gasteiger partial charge >= 0.3 is 17.9 Å². The number of esters is 3. The van der Waals surface area contributed by atoms with Crippen molar-refractivity contribution in [1.29, 1.82) is 0 Å². The van der Waals surface area contributed by atoms with Gasteiger partial charge in [-0.15, -0.1) is 10.1 Å². The number of azide groups is 1. The van der Waals surface area contributed by atoms with Crippen LogP contribution in [0.3, 0.4) is 0 Å². The fourth-order valence-electron chi connectivity index (χ4n) is 4.00. The van der Waals surface area contributed by atoms with Gasteiger partial charge in [0.25, 0.3) is 5.09 Å². The Kier molecular flexibility index (Phi) is 9.44. The quantitative estimate of drug-likeness (QED) is 0.0666. The van der Waals surface area contributed by atoms with E-state index in [1.807, 2.05) is 0 Å².